The van der Waals surface area contributed by atoms with E-state index in [-0.39, 0.29) is 18.1 Å². The van der Waals surface area contributed by atoms with Gasteiger partial charge in [-0.3, -0.25) is 9.48 Å². The number of ether oxygens (including phenoxy) is 1. The first-order valence-electron chi connectivity index (χ1n) is 7.43. The van der Waals surface area contributed by atoms with Crippen molar-refractivity contribution in [3.8, 4) is 5.75 Å². The molecule has 0 spiro atoms. The van der Waals surface area contributed by atoms with Crippen LogP contribution in [0.25, 0.3) is 0 Å². The van der Waals surface area contributed by atoms with Gasteiger partial charge in [-0.25, -0.2) is 4.98 Å². The zero-order valence-corrected chi connectivity index (χ0v) is 13.2. The molecule has 1 aromatic heterocycles. The summed E-state index contributed by atoms with van der Waals surface area (Å²) in [6.45, 7) is 6.46. The van der Waals surface area contributed by atoms with Crippen molar-refractivity contribution in [2.75, 3.05) is 0 Å². The third-order valence-corrected chi connectivity index (χ3v) is 3.14. The number of nitrogens with zero attached hydrogens (tertiary/aromatic N) is 3. The Morgan fingerprint density at radius 3 is 2.86 bits per heavy atom. The van der Waals surface area contributed by atoms with Crippen LogP contribution in [0.2, 0.25) is 0 Å². The summed E-state index contributed by atoms with van der Waals surface area (Å²) in [5.74, 6) is 0.800. The van der Waals surface area contributed by atoms with Crippen molar-refractivity contribution in [1.82, 2.24) is 20.1 Å². The summed E-state index contributed by atoms with van der Waals surface area (Å²) in [4.78, 5) is 15.8. The molecule has 2 rings (SSSR count). The van der Waals surface area contributed by atoms with E-state index in [1.54, 1.807) is 11.0 Å². The van der Waals surface area contributed by atoms with Gasteiger partial charge >= 0.3 is 0 Å². The first-order valence-corrected chi connectivity index (χ1v) is 7.43. The summed E-state index contributed by atoms with van der Waals surface area (Å²) in [7, 11) is 0. The predicted molar refractivity (Wildman–Crippen MR) is 83.4 cm³/mol. The molecule has 0 saturated carbocycles. The third-order valence-electron chi connectivity index (χ3n) is 3.14. The number of hydrogen-bond donors (Lipinski definition) is 1. The molecule has 2 aromatic rings. The number of rotatable bonds is 7. The number of aryl methyl sites for hydroxylation is 1. The number of nitrogens with one attached hydrogen (secondary N) is 1. The normalized spacial score (nSPS) is 12.2. The Morgan fingerprint density at radius 2 is 2.18 bits per heavy atom. The molecule has 0 aliphatic rings. The molecule has 1 atom stereocenters. The molecule has 22 heavy (non-hydrogen) atoms. The summed E-state index contributed by atoms with van der Waals surface area (Å²) in [6.07, 6.45) is 3.56. The highest BCUT2D eigenvalue weighted by Gasteiger charge is 2.11. The summed E-state index contributed by atoms with van der Waals surface area (Å²) in [5, 5.41) is 6.96. The lowest BCUT2D eigenvalue weighted by Gasteiger charge is -2.16. The van der Waals surface area contributed by atoms with Gasteiger partial charge in [0.1, 0.15) is 18.4 Å². The number of aromatic nitrogens is 3. The highest BCUT2D eigenvalue weighted by atomic mass is 16.5. The zero-order chi connectivity index (χ0) is 15.9. The molecule has 1 amide bonds. The zero-order valence-electron chi connectivity index (χ0n) is 13.2. The van der Waals surface area contributed by atoms with Crippen molar-refractivity contribution in [2.24, 2.45) is 0 Å². The van der Waals surface area contributed by atoms with Gasteiger partial charge in [0.05, 0.1) is 18.7 Å². The van der Waals surface area contributed by atoms with Gasteiger partial charge in [-0.2, -0.15) is 5.10 Å². The van der Waals surface area contributed by atoms with Gasteiger partial charge in [0.2, 0.25) is 5.91 Å². The molecule has 0 saturated heterocycles. The van der Waals surface area contributed by atoms with Gasteiger partial charge in [-0.1, -0.05) is 12.1 Å². The average molecular weight is 302 g/mol. The van der Waals surface area contributed by atoms with E-state index in [2.05, 4.69) is 15.4 Å². The Labute approximate surface area is 130 Å². The van der Waals surface area contributed by atoms with Crippen LogP contribution in [0.15, 0.2) is 36.9 Å². The fourth-order valence-electron chi connectivity index (χ4n) is 2.09. The quantitative estimate of drug-likeness (QED) is 0.852. The molecule has 118 valence electrons. The largest absolute Gasteiger partial charge is 0.491 e. The molecule has 0 radical (unpaired) electrons. The third kappa shape index (κ3) is 4.87. The maximum absolute atomic E-state index is 12.0. The SMILES string of the molecule is CC(C)Oc1cccc(C(C)NC(=O)CCn2cncn2)c1. The first kappa shape index (κ1) is 16.0. The molecular weight excluding hydrogens is 280 g/mol. The standard InChI is InChI=1S/C16H22N4O2/c1-12(2)22-15-6-4-5-14(9-15)13(3)19-16(21)7-8-20-11-17-10-18-20/h4-6,9-13H,7-8H2,1-3H3,(H,19,21). The fraction of sp³-hybridized carbons (Fsp3) is 0.438. The van der Waals surface area contributed by atoms with E-state index in [1.165, 1.54) is 6.33 Å². The van der Waals surface area contributed by atoms with Crippen LogP contribution < -0.4 is 10.1 Å². The Morgan fingerprint density at radius 1 is 1.36 bits per heavy atom. The molecule has 6 heteroatoms. The smallest absolute Gasteiger partial charge is 0.222 e. The van der Waals surface area contributed by atoms with Crippen molar-refractivity contribution in [3.05, 3.63) is 42.5 Å². The van der Waals surface area contributed by atoms with E-state index in [9.17, 15) is 4.79 Å². The Kier molecular flexibility index (Phi) is 5.52. The van der Waals surface area contributed by atoms with Crippen LogP contribution in [-0.4, -0.2) is 26.8 Å². The summed E-state index contributed by atoms with van der Waals surface area (Å²) in [5.41, 5.74) is 1.02. The summed E-state index contributed by atoms with van der Waals surface area (Å²) >= 11 is 0. The van der Waals surface area contributed by atoms with Gasteiger partial charge in [0.15, 0.2) is 0 Å². The van der Waals surface area contributed by atoms with Gasteiger partial charge < -0.3 is 10.1 Å². The molecule has 0 fully saturated rings. The molecule has 6 nitrogen and oxygen atoms in total. The number of carbonyl (C=O) groups is 1. The molecule has 1 unspecified atom stereocenters. The van der Waals surface area contributed by atoms with Crippen LogP contribution in [0.1, 0.15) is 38.8 Å². The van der Waals surface area contributed by atoms with Crippen molar-refractivity contribution in [1.29, 1.82) is 0 Å². The molecular formula is C16H22N4O2. The molecule has 0 aliphatic heterocycles. The number of carbonyl (C=O) groups excluding carboxylic acids is 1. The van der Waals surface area contributed by atoms with Crippen LogP contribution >= 0.6 is 0 Å². The Balaban J connectivity index is 1.88. The minimum absolute atomic E-state index is 0.0156. The maximum Gasteiger partial charge on any atom is 0.222 e. The van der Waals surface area contributed by atoms with Crippen LogP contribution in [0.5, 0.6) is 5.75 Å². The average Bonchev–Trinajstić information content (AvgIpc) is 2.98. The van der Waals surface area contributed by atoms with Crippen molar-refractivity contribution in [2.45, 2.75) is 45.9 Å². The van der Waals surface area contributed by atoms with E-state index in [0.29, 0.717) is 13.0 Å². The van der Waals surface area contributed by atoms with E-state index in [1.807, 2.05) is 45.0 Å². The highest BCUT2D eigenvalue weighted by Crippen LogP contribution is 2.20. The minimum atomic E-state index is -0.0704. The van der Waals surface area contributed by atoms with Gasteiger partial charge in [0.25, 0.3) is 0 Å². The lowest BCUT2D eigenvalue weighted by molar-refractivity contribution is -0.122. The maximum atomic E-state index is 12.0. The molecule has 1 heterocycles. The van der Waals surface area contributed by atoms with E-state index < -0.39 is 0 Å². The van der Waals surface area contributed by atoms with Crippen molar-refractivity contribution >= 4 is 5.91 Å². The van der Waals surface area contributed by atoms with Gasteiger partial charge in [-0.15, -0.1) is 0 Å². The predicted octanol–water partition coefficient (Wildman–Crippen LogP) is 2.33. The topological polar surface area (TPSA) is 69.0 Å². The fourth-order valence-corrected chi connectivity index (χ4v) is 2.09. The summed E-state index contributed by atoms with van der Waals surface area (Å²) in [6, 6.07) is 7.73. The molecule has 1 aromatic carbocycles. The van der Waals surface area contributed by atoms with E-state index in [0.717, 1.165) is 11.3 Å². The Hall–Kier alpha value is -2.37. The molecule has 0 bridgehead atoms. The Bertz CT molecular complexity index is 596. The van der Waals surface area contributed by atoms with Crippen LogP contribution in [0.4, 0.5) is 0 Å². The first-order chi connectivity index (χ1) is 10.5. The molecule has 1 N–H and O–H groups in total. The monoisotopic (exact) mass is 302 g/mol. The number of hydrogen-bond acceptors (Lipinski definition) is 4. The second-order valence-corrected chi connectivity index (χ2v) is 5.44. The summed E-state index contributed by atoms with van der Waals surface area (Å²) < 4.78 is 7.32. The second kappa shape index (κ2) is 7.59. The lowest BCUT2D eigenvalue weighted by atomic mass is 10.1. The van der Waals surface area contributed by atoms with Crippen molar-refractivity contribution in [3.63, 3.8) is 0 Å². The molecule has 0 aliphatic carbocycles. The second-order valence-electron chi connectivity index (χ2n) is 5.44. The van der Waals surface area contributed by atoms with Gasteiger partial charge in [0, 0.05) is 6.42 Å². The lowest BCUT2D eigenvalue weighted by Crippen LogP contribution is -2.27. The van der Waals surface area contributed by atoms with Crippen LogP contribution in [0.3, 0.4) is 0 Å². The minimum Gasteiger partial charge on any atom is -0.491 e. The number of amides is 1. The highest BCUT2D eigenvalue weighted by molar-refractivity contribution is 5.76. The van der Waals surface area contributed by atoms with Crippen LogP contribution in [-0.2, 0) is 11.3 Å². The van der Waals surface area contributed by atoms with Gasteiger partial charge in [-0.05, 0) is 38.5 Å². The number of benzene rings is 1. The van der Waals surface area contributed by atoms with Crippen LogP contribution in [0, 0.1) is 0 Å². The van der Waals surface area contributed by atoms with Crippen molar-refractivity contribution < 1.29 is 9.53 Å². The van der Waals surface area contributed by atoms with E-state index >= 15 is 0 Å². The van der Waals surface area contributed by atoms with E-state index in [4.69, 9.17) is 4.74 Å².